The largest absolute Gasteiger partial charge is 0.428 e. The first-order valence-electron chi connectivity index (χ1n) is 10.5. The van der Waals surface area contributed by atoms with Crippen molar-refractivity contribution in [1.29, 1.82) is 0 Å². The van der Waals surface area contributed by atoms with Gasteiger partial charge in [0.05, 0.1) is 28.6 Å². The molecule has 0 atom stereocenters. The second-order valence-electron chi connectivity index (χ2n) is 7.84. The number of H-pyrrole nitrogens is 1. The first-order valence-corrected chi connectivity index (χ1v) is 10.9. The second kappa shape index (κ2) is 8.69. The van der Waals surface area contributed by atoms with Gasteiger partial charge < -0.3 is 10.8 Å². The molecule has 0 spiro atoms. The number of aliphatic hydroxyl groups is 1. The van der Waals surface area contributed by atoms with Crippen molar-refractivity contribution in [2.24, 2.45) is 0 Å². The van der Waals surface area contributed by atoms with E-state index in [4.69, 9.17) is 17.3 Å². The van der Waals surface area contributed by atoms with Crippen molar-refractivity contribution in [3.05, 3.63) is 93.4 Å². The van der Waals surface area contributed by atoms with E-state index in [1.54, 1.807) is 18.2 Å². The molecule has 1 aromatic carbocycles. The molecule has 0 saturated carbocycles. The minimum Gasteiger partial charge on any atom is -0.390 e. The summed E-state index contributed by atoms with van der Waals surface area (Å²) in [5.41, 5.74) is 11.1. The summed E-state index contributed by atoms with van der Waals surface area (Å²) in [6.07, 6.45) is 1.53. The van der Waals surface area contributed by atoms with Gasteiger partial charge in [-0.05, 0) is 36.8 Å². The molecular weight excluding hydrogens is 454 g/mol. The van der Waals surface area contributed by atoms with E-state index in [1.165, 1.54) is 15.3 Å². The van der Waals surface area contributed by atoms with Crippen LogP contribution >= 0.6 is 11.6 Å². The molecule has 5 aromatic rings. The zero-order valence-corrected chi connectivity index (χ0v) is 19.0. The predicted octanol–water partition coefficient (Wildman–Crippen LogP) is 2.52. The average Bonchev–Trinajstić information content (AvgIpc) is 3.16. The van der Waals surface area contributed by atoms with Gasteiger partial charge in [0.15, 0.2) is 0 Å². The van der Waals surface area contributed by atoms with Gasteiger partial charge in [-0.3, -0.25) is 9.97 Å². The van der Waals surface area contributed by atoms with Crippen LogP contribution in [0.4, 0.5) is 5.95 Å². The van der Waals surface area contributed by atoms with E-state index < -0.39 is 0 Å². The molecule has 0 aliphatic rings. The maximum atomic E-state index is 13.3. The van der Waals surface area contributed by atoms with Crippen LogP contribution in [-0.2, 0) is 13.2 Å². The molecule has 4 heterocycles. The van der Waals surface area contributed by atoms with Crippen LogP contribution < -0.4 is 15.8 Å². The van der Waals surface area contributed by atoms with Crippen LogP contribution in [0.5, 0.6) is 0 Å². The number of aliphatic hydroxyl groups excluding tert-OH is 1. The number of benzene rings is 1. The zero-order chi connectivity index (χ0) is 23.8. The Labute approximate surface area is 199 Å². The first kappa shape index (κ1) is 21.7. The Hall–Kier alpha value is -4.08. The molecule has 0 aliphatic carbocycles. The lowest BCUT2D eigenvalue weighted by molar-refractivity contribution is -0.516. The van der Waals surface area contributed by atoms with E-state index in [0.717, 1.165) is 16.8 Å². The number of halogens is 1. The van der Waals surface area contributed by atoms with Gasteiger partial charge in [0.25, 0.3) is 0 Å². The standard InChI is InChI=1S/C24H20ClN7O2/c1-14-9-16(10-19(13-33)28-14)20-21(15-5-3-2-4-6-15)29-23(26)32-22(20)30-31(24(32)34)12-18-8-7-17(25)11-27-18/h2-11,33H,12-13H2,1H3,(H2,26,28,29,30)/p+1. The van der Waals surface area contributed by atoms with E-state index in [2.05, 4.69) is 20.1 Å². The number of aromatic nitrogens is 6. The van der Waals surface area contributed by atoms with Crippen LogP contribution in [0.15, 0.2) is 65.6 Å². The smallest absolute Gasteiger partial charge is 0.390 e. The Bertz CT molecular complexity index is 1560. The van der Waals surface area contributed by atoms with Crippen molar-refractivity contribution in [3.63, 3.8) is 0 Å². The van der Waals surface area contributed by atoms with Crippen LogP contribution in [-0.4, -0.2) is 29.8 Å². The monoisotopic (exact) mass is 474 g/mol. The molecule has 0 bridgehead atoms. The lowest BCUT2D eigenvalue weighted by Crippen LogP contribution is -2.44. The fraction of sp³-hybridized carbons (Fsp3) is 0.125. The van der Waals surface area contributed by atoms with Crippen LogP contribution in [0.25, 0.3) is 28.0 Å². The molecule has 0 fully saturated rings. The highest BCUT2D eigenvalue weighted by atomic mass is 35.5. The summed E-state index contributed by atoms with van der Waals surface area (Å²) in [5, 5.41) is 13.4. The highest BCUT2D eigenvalue weighted by Gasteiger charge is 2.26. The van der Waals surface area contributed by atoms with Gasteiger partial charge in [-0.25, -0.2) is 9.89 Å². The Morgan fingerprint density at radius 3 is 2.59 bits per heavy atom. The van der Waals surface area contributed by atoms with Crippen LogP contribution in [0.3, 0.4) is 0 Å². The van der Waals surface area contributed by atoms with E-state index in [-0.39, 0.29) is 24.8 Å². The molecular formula is C24H21ClN7O2+. The Balaban J connectivity index is 1.81. The summed E-state index contributed by atoms with van der Waals surface area (Å²) in [4.78, 5) is 26.6. The summed E-state index contributed by atoms with van der Waals surface area (Å²) in [5.74, 6) is 0.0508. The number of pyridine rings is 2. The highest BCUT2D eigenvalue weighted by molar-refractivity contribution is 6.30. The number of hydrogen-bond acceptors (Lipinski definition) is 6. The number of nitrogens with two attached hydrogens (primary N) is 1. The van der Waals surface area contributed by atoms with Gasteiger partial charge in [-0.1, -0.05) is 41.9 Å². The third-order valence-electron chi connectivity index (χ3n) is 5.43. The topological polar surface area (TPSA) is 127 Å². The summed E-state index contributed by atoms with van der Waals surface area (Å²) >= 11 is 5.94. The predicted molar refractivity (Wildman–Crippen MR) is 128 cm³/mol. The number of aromatic amines is 1. The molecule has 0 saturated heterocycles. The van der Waals surface area contributed by atoms with E-state index in [9.17, 15) is 9.90 Å². The van der Waals surface area contributed by atoms with Crippen molar-refractivity contribution in [1.82, 2.24) is 24.7 Å². The lowest BCUT2D eigenvalue weighted by atomic mass is 9.99. The normalized spacial score (nSPS) is 11.3. The number of fused-ring (bicyclic) bond motifs is 1. The van der Waals surface area contributed by atoms with Gasteiger partial charge in [-0.15, -0.1) is 9.38 Å². The molecule has 9 nitrogen and oxygen atoms in total. The minimum absolute atomic E-state index is 0.0508. The molecule has 0 unspecified atom stereocenters. The van der Waals surface area contributed by atoms with Crippen LogP contribution in [0, 0.1) is 6.92 Å². The van der Waals surface area contributed by atoms with Gasteiger partial charge in [0.1, 0.15) is 12.2 Å². The van der Waals surface area contributed by atoms with Crippen molar-refractivity contribution >= 4 is 23.2 Å². The third-order valence-corrected chi connectivity index (χ3v) is 5.65. The van der Waals surface area contributed by atoms with E-state index >= 15 is 0 Å². The fourth-order valence-corrected chi connectivity index (χ4v) is 4.08. The number of hydrogen-bond donors (Lipinski definition) is 3. The molecule has 0 amide bonds. The number of nitrogen functional groups attached to an aromatic ring is 1. The first-order chi connectivity index (χ1) is 16.4. The number of nitrogens with zero attached hydrogens (tertiary/aromatic N) is 5. The summed E-state index contributed by atoms with van der Waals surface area (Å²) in [6, 6.07) is 16.7. The molecule has 10 heteroatoms. The van der Waals surface area contributed by atoms with Gasteiger partial charge in [0.2, 0.25) is 5.65 Å². The summed E-state index contributed by atoms with van der Waals surface area (Å²) in [6.45, 7) is 1.82. The number of aryl methyl sites for hydroxylation is 1. The van der Waals surface area contributed by atoms with E-state index in [0.29, 0.717) is 33.3 Å². The highest BCUT2D eigenvalue weighted by Crippen LogP contribution is 2.33. The molecule has 34 heavy (non-hydrogen) atoms. The van der Waals surface area contributed by atoms with Gasteiger partial charge >= 0.3 is 11.6 Å². The summed E-state index contributed by atoms with van der Waals surface area (Å²) in [7, 11) is 0. The quantitative estimate of drug-likeness (QED) is 0.336. The molecule has 4 N–H and O–H groups in total. The van der Waals surface area contributed by atoms with Crippen molar-refractivity contribution in [2.45, 2.75) is 20.1 Å². The third kappa shape index (κ3) is 3.91. The zero-order valence-electron chi connectivity index (χ0n) is 18.2. The maximum absolute atomic E-state index is 13.3. The van der Waals surface area contributed by atoms with Crippen molar-refractivity contribution < 1.29 is 9.51 Å². The maximum Gasteiger partial charge on any atom is 0.428 e. The fourth-order valence-electron chi connectivity index (χ4n) is 3.96. The van der Waals surface area contributed by atoms with E-state index in [1.807, 2.05) is 43.3 Å². The molecule has 5 rings (SSSR count). The summed E-state index contributed by atoms with van der Waals surface area (Å²) < 4.78 is 2.76. The van der Waals surface area contributed by atoms with Gasteiger partial charge in [-0.2, -0.15) is 4.68 Å². The Kier molecular flexibility index (Phi) is 5.56. The molecule has 0 radical (unpaired) electrons. The lowest BCUT2D eigenvalue weighted by Gasteiger charge is -2.10. The number of nitrogens with one attached hydrogen (secondary N) is 1. The second-order valence-corrected chi connectivity index (χ2v) is 8.28. The average molecular weight is 475 g/mol. The number of rotatable bonds is 5. The van der Waals surface area contributed by atoms with Crippen LogP contribution in [0.1, 0.15) is 17.1 Å². The van der Waals surface area contributed by atoms with Crippen LogP contribution in [0.2, 0.25) is 5.02 Å². The minimum atomic E-state index is -0.384. The molecule has 0 aliphatic heterocycles. The van der Waals surface area contributed by atoms with Gasteiger partial charge in [0, 0.05) is 17.5 Å². The molecule has 170 valence electrons. The Morgan fingerprint density at radius 1 is 1.09 bits per heavy atom. The Morgan fingerprint density at radius 2 is 1.88 bits per heavy atom. The number of anilines is 1. The van der Waals surface area contributed by atoms with Crippen molar-refractivity contribution in [2.75, 3.05) is 5.73 Å². The SMILES string of the molecule is Cc1cc(-c2c(-c3ccccc3)nc(N)[n+]3c(=O)n(Cc4ccc(Cl)cn4)[nH]c23)cc(CO)n1. The van der Waals surface area contributed by atoms with Crippen molar-refractivity contribution in [3.8, 4) is 22.4 Å². The molecule has 4 aromatic heterocycles.